The molecule has 1 aromatic heterocycles. The quantitative estimate of drug-likeness (QED) is 0.253. The van der Waals surface area contributed by atoms with Gasteiger partial charge in [0, 0.05) is 11.8 Å². The molecule has 1 aromatic carbocycles. The van der Waals surface area contributed by atoms with Gasteiger partial charge in [0.15, 0.2) is 0 Å². The topological polar surface area (TPSA) is 12.9 Å². The first-order chi connectivity index (χ1) is 15.7. The van der Waals surface area contributed by atoms with Crippen molar-refractivity contribution in [1.82, 2.24) is 4.98 Å². The summed E-state index contributed by atoms with van der Waals surface area (Å²) in [5.74, 6) is 0.592. The van der Waals surface area contributed by atoms with Crippen LogP contribution >= 0.6 is 0 Å². The van der Waals surface area contributed by atoms with E-state index in [1.807, 2.05) is 6.20 Å². The zero-order chi connectivity index (χ0) is 22.6. The second kappa shape index (κ2) is 13.8. The van der Waals surface area contributed by atoms with Gasteiger partial charge in [-0.25, -0.2) is 4.39 Å². The summed E-state index contributed by atoms with van der Waals surface area (Å²) in [7, 11) is 0. The number of benzene rings is 1. The van der Waals surface area contributed by atoms with Gasteiger partial charge in [-0.15, -0.1) is 0 Å². The van der Waals surface area contributed by atoms with Crippen LogP contribution in [-0.4, -0.2) is 4.98 Å². The molecule has 32 heavy (non-hydrogen) atoms. The summed E-state index contributed by atoms with van der Waals surface area (Å²) in [4.78, 5) is 4.68. The average Bonchev–Trinajstić information content (AvgIpc) is 3.22. The molecule has 176 valence electrons. The SMILES string of the molecule is CCCCCCCCc1ccc(-c2cc(F)c3c(c2)CC(CCCCCCCC)C3)nc1. The van der Waals surface area contributed by atoms with E-state index in [1.54, 1.807) is 6.07 Å². The van der Waals surface area contributed by atoms with E-state index in [0.29, 0.717) is 5.92 Å². The fourth-order valence-electron chi connectivity index (χ4n) is 5.19. The Kier molecular flexibility index (Phi) is 10.7. The highest BCUT2D eigenvalue weighted by molar-refractivity contribution is 5.62. The van der Waals surface area contributed by atoms with Crippen molar-refractivity contribution in [3.05, 3.63) is 53.0 Å². The van der Waals surface area contributed by atoms with E-state index in [4.69, 9.17) is 0 Å². The van der Waals surface area contributed by atoms with Crippen molar-refractivity contribution in [2.45, 2.75) is 117 Å². The summed E-state index contributed by atoms with van der Waals surface area (Å²) in [5, 5.41) is 0. The Morgan fingerprint density at radius 1 is 0.812 bits per heavy atom. The molecule has 1 atom stereocenters. The third-order valence-electron chi connectivity index (χ3n) is 7.19. The zero-order valence-electron chi connectivity index (χ0n) is 20.6. The fraction of sp³-hybridized carbons (Fsp3) is 0.633. The normalized spacial score (nSPS) is 15.3. The lowest BCUT2D eigenvalue weighted by atomic mass is 9.97. The van der Waals surface area contributed by atoms with Crippen molar-refractivity contribution in [3.8, 4) is 11.3 Å². The molecule has 2 aromatic rings. The van der Waals surface area contributed by atoms with E-state index in [-0.39, 0.29) is 5.82 Å². The van der Waals surface area contributed by atoms with Gasteiger partial charge in [-0.3, -0.25) is 4.98 Å². The Morgan fingerprint density at radius 3 is 2.19 bits per heavy atom. The molecule has 0 aliphatic heterocycles. The van der Waals surface area contributed by atoms with E-state index in [2.05, 4.69) is 37.0 Å². The predicted octanol–water partition coefficient (Wildman–Crippen LogP) is 9.26. The van der Waals surface area contributed by atoms with Crippen LogP contribution in [0.25, 0.3) is 11.3 Å². The minimum atomic E-state index is -0.0269. The molecule has 1 nitrogen and oxygen atoms in total. The second-order valence-electron chi connectivity index (χ2n) is 10.00. The van der Waals surface area contributed by atoms with Crippen LogP contribution in [0.5, 0.6) is 0 Å². The monoisotopic (exact) mass is 437 g/mol. The van der Waals surface area contributed by atoms with Crippen LogP contribution in [0.1, 0.15) is 114 Å². The van der Waals surface area contributed by atoms with Crippen LogP contribution in [0.2, 0.25) is 0 Å². The predicted molar refractivity (Wildman–Crippen MR) is 136 cm³/mol. The Balaban J connectivity index is 1.49. The molecule has 0 saturated carbocycles. The number of aromatic nitrogens is 1. The van der Waals surface area contributed by atoms with E-state index in [0.717, 1.165) is 36.1 Å². The number of nitrogens with zero attached hydrogens (tertiary/aromatic N) is 1. The maximum atomic E-state index is 14.9. The van der Waals surface area contributed by atoms with Crippen LogP contribution in [0.15, 0.2) is 30.5 Å². The molecule has 0 radical (unpaired) electrons. The summed E-state index contributed by atoms with van der Waals surface area (Å²) >= 11 is 0. The Labute approximate surface area is 196 Å². The van der Waals surface area contributed by atoms with Gasteiger partial charge < -0.3 is 0 Å². The highest BCUT2D eigenvalue weighted by Crippen LogP contribution is 2.35. The molecule has 1 heterocycles. The summed E-state index contributed by atoms with van der Waals surface area (Å²) in [6.45, 7) is 4.52. The Morgan fingerprint density at radius 2 is 1.50 bits per heavy atom. The van der Waals surface area contributed by atoms with Crippen molar-refractivity contribution >= 4 is 0 Å². The molecule has 0 fully saturated rings. The smallest absolute Gasteiger partial charge is 0.127 e. The third-order valence-corrected chi connectivity index (χ3v) is 7.19. The molecule has 0 amide bonds. The highest BCUT2D eigenvalue weighted by Gasteiger charge is 2.25. The summed E-state index contributed by atoms with van der Waals surface area (Å²) in [6.07, 6.45) is 22.2. The minimum absolute atomic E-state index is 0.0269. The molecule has 0 N–H and O–H groups in total. The van der Waals surface area contributed by atoms with Gasteiger partial charge in [0.1, 0.15) is 5.82 Å². The summed E-state index contributed by atoms with van der Waals surface area (Å²) in [6, 6.07) is 8.17. The van der Waals surface area contributed by atoms with Crippen molar-refractivity contribution in [3.63, 3.8) is 0 Å². The molecule has 2 heteroatoms. The van der Waals surface area contributed by atoms with Crippen LogP contribution in [0.4, 0.5) is 4.39 Å². The van der Waals surface area contributed by atoms with Gasteiger partial charge in [0.05, 0.1) is 5.69 Å². The Bertz CT molecular complexity index is 795. The number of rotatable bonds is 15. The third kappa shape index (κ3) is 7.71. The molecule has 0 spiro atoms. The lowest BCUT2D eigenvalue weighted by Gasteiger charge is -2.08. The minimum Gasteiger partial charge on any atom is -0.256 e. The molecule has 0 saturated heterocycles. The number of hydrogen-bond acceptors (Lipinski definition) is 1. The molecular weight excluding hydrogens is 393 g/mol. The van der Waals surface area contributed by atoms with Gasteiger partial charge in [-0.1, -0.05) is 90.5 Å². The molecule has 1 aliphatic rings. The first-order valence-corrected chi connectivity index (χ1v) is 13.5. The number of unbranched alkanes of at least 4 members (excludes halogenated alkanes) is 10. The number of halogens is 1. The zero-order valence-corrected chi connectivity index (χ0v) is 20.6. The largest absolute Gasteiger partial charge is 0.256 e. The number of pyridine rings is 1. The summed E-state index contributed by atoms with van der Waals surface area (Å²) in [5.41, 5.74) is 5.31. The number of fused-ring (bicyclic) bond motifs is 1. The lowest BCUT2D eigenvalue weighted by Crippen LogP contribution is -1.99. The standard InChI is InChI=1S/C30H44FN/c1-3-5-7-9-11-13-15-24-17-18-30(32-23-24)27-21-26-19-25(20-28(26)29(31)22-27)16-14-12-10-8-6-4-2/h17-18,21-23,25H,3-16,19-20H2,1-2H3. The van der Waals surface area contributed by atoms with E-state index < -0.39 is 0 Å². The fourth-order valence-corrected chi connectivity index (χ4v) is 5.19. The number of aryl methyl sites for hydroxylation is 1. The van der Waals surface area contributed by atoms with E-state index in [9.17, 15) is 4.39 Å². The Hall–Kier alpha value is -1.70. The van der Waals surface area contributed by atoms with Gasteiger partial charge in [0.2, 0.25) is 0 Å². The van der Waals surface area contributed by atoms with Gasteiger partial charge in [-0.2, -0.15) is 0 Å². The van der Waals surface area contributed by atoms with Crippen molar-refractivity contribution in [1.29, 1.82) is 0 Å². The van der Waals surface area contributed by atoms with Crippen LogP contribution in [0.3, 0.4) is 0 Å². The average molecular weight is 438 g/mol. The van der Waals surface area contributed by atoms with Gasteiger partial charge in [0.25, 0.3) is 0 Å². The maximum absolute atomic E-state index is 14.9. The first-order valence-electron chi connectivity index (χ1n) is 13.5. The van der Waals surface area contributed by atoms with Crippen LogP contribution in [-0.2, 0) is 19.3 Å². The van der Waals surface area contributed by atoms with Crippen molar-refractivity contribution in [2.24, 2.45) is 5.92 Å². The second-order valence-corrected chi connectivity index (χ2v) is 10.00. The molecule has 1 unspecified atom stereocenters. The van der Waals surface area contributed by atoms with E-state index in [1.165, 1.54) is 94.6 Å². The number of hydrogen-bond donors (Lipinski definition) is 0. The van der Waals surface area contributed by atoms with Gasteiger partial charge in [-0.05, 0) is 72.9 Å². The maximum Gasteiger partial charge on any atom is 0.127 e. The van der Waals surface area contributed by atoms with Crippen molar-refractivity contribution in [2.75, 3.05) is 0 Å². The van der Waals surface area contributed by atoms with Crippen molar-refractivity contribution < 1.29 is 4.39 Å². The lowest BCUT2D eigenvalue weighted by molar-refractivity contribution is 0.466. The van der Waals surface area contributed by atoms with Crippen LogP contribution in [0, 0.1) is 11.7 Å². The molecule has 3 rings (SSSR count). The molecule has 1 aliphatic carbocycles. The molecular formula is C30H44FN. The summed E-state index contributed by atoms with van der Waals surface area (Å²) < 4.78 is 14.9. The van der Waals surface area contributed by atoms with Crippen LogP contribution < -0.4 is 0 Å². The first kappa shape index (κ1) is 24.9. The molecule has 0 bridgehead atoms. The highest BCUT2D eigenvalue weighted by atomic mass is 19.1. The van der Waals surface area contributed by atoms with E-state index >= 15 is 0 Å². The van der Waals surface area contributed by atoms with Gasteiger partial charge >= 0.3 is 0 Å².